The van der Waals surface area contributed by atoms with Crippen LogP contribution in [0, 0.1) is 18.3 Å². The molecule has 6 heteroatoms. The zero-order chi connectivity index (χ0) is 15.5. The third-order valence-electron chi connectivity index (χ3n) is 4.02. The number of benzene rings is 1. The van der Waals surface area contributed by atoms with E-state index in [2.05, 4.69) is 5.32 Å². The third-order valence-corrected chi connectivity index (χ3v) is 6.09. The minimum absolute atomic E-state index is 0.0278. The van der Waals surface area contributed by atoms with E-state index >= 15 is 0 Å². The zero-order valence-corrected chi connectivity index (χ0v) is 13.3. The predicted molar refractivity (Wildman–Crippen MR) is 81.4 cm³/mol. The molecule has 1 aliphatic rings. The Hall–Kier alpha value is -1.42. The number of hydrogen-bond acceptors (Lipinski definition) is 4. The summed E-state index contributed by atoms with van der Waals surface area (Å²) in [5.74, 6) is 0. The normalized spacial score (nSPS) is 20.0. The molecule has 1 unspecified atom stereocenters. The highest BCUT2D eigenvalue weighted by Crippen LogP contribution is 2.24. The lowest BCUT2D eigenvalue weighted by atomic mass is 10.1. The van der Waals surface area contributed by atoms with Crippen LogP contribution in [0.2, 0.25) is 0 Å². The van der Waals surface area contributed by atoms with Crippen molar-refractivity contribution in [3.8, 4) is 6.07 Å². The monoisotopic (exact) mass is 307 g/mol. The van der Waals surface area contributed by atoms with Crippen LogP contribution in [0.15, 0.2) is 23.1 Å². The van der Waals surface area contributed by atoms with E-state index in [0.29, 0.717) is 16.0 Å². The number of hydrogen-bond donors (Lipinski definition) is 1. The second kappa shape index (κ2) is 6.56. The van der Waals surface area contributed by atoms with Gasteiger partial charge in [0.15, 0.2) is 0 Å². The molecule has 0 spiro atoms. The average Bonchev–Trinajstić information content (AvgIpc) is 2.74. The van der Waals surface area contributed by atoms with Gasteiger partial charge in [0, 0.05) is 13.1 Å². The molecule has 0 aliphatic carbocycles. The van der Waals surface area contributed by atoms with Crippen LogP contribution in [0.1, 0.15) is 30.4 Å². The average molecular weight is 307 g/mol. The van der Waals surface area contributed by atoms with E-state index in [9.17, 15) is 8.42 Å². The van der Waals surface area contributed by atoms with Gasteiger partial charge in [-0.2, -0.15) is 9.57 Å². The van der Waals surface area contributed by atoms with Gasteiger partial charge >= 0.3 is 0 Å². The number of rotatable bonds is 3. The summed E-state index contributed by atoms with van der Waals surface area (Å²) in [6, 6.07) is 6.77. The Morgan fingerprint density at radius 2 is 2.10 bits per heavy atom. The van der Waals surface area contributed by atoms with Crippen molar-refractivity contribution in [2.45, 2.75) is 37.1 Å². The van der Waals surface area contributed by atoms with Gasteiger partial charge < -0.3 is 5.32 Å². The molecular formula is C15H21N3O2S. The fourth-order valence-electron chi connectivity index (χ4n) is 2.72. The number of nitrogens with one attached hydrogen (secondary N) is 1. The summed E-state index contributed by atoms with van der Waals surface area (Å²) in [6.45, 7) is 3.52. The molecule has 1 saturated heterocycles. The van der Waals surface area contributed by atoms with Crippen molar-refractivity contribution in [2.24, 2.45) is 0 Å². The van der Waals surface area contributed by atoms with Crippen LogP contribution in [0.5, 0.6) is 0 Å². The van der Waals surface area contributed by atoms with Gasteiger partial charge in [0.1, 0.15) is 0 Å². The van der Waals surface area contributed by atoms with Crippen molar-refractivity contribution in [1.29, 1.82) is 5.26 Å². The van der Waals surface area contributed by atoms with Crippen LogP contribution < -0.4 is 5.32 Å². The SMILES string of the molecule is Cc1cc(C#N)ccc1S(=O)(=O)N(C)C1CCCNCC1. The molecule has 5 nitrogen and oxygen atoms in total. The highest BCUT2D eigenvalue weighted by Gasteiger charge is 2.29. The van der Waals surface area contributed by atoms with Gasteiger partial charge in [0.2, 0.25) is 10.0 Å². The summed E-state index contributed by atoms with van der Waals surface area (Å²) in [7, 11) is -1.86. The second-order valence-electron chi connectivity index (χ2n) is 5.45. The maximum Gasteiger partial charge on any atom is 0.243 e. The van der Waals surface area contributed by atoms with Gasteiger partial charge in [-0.3, -0.25) is 0 Å². The molecule has 1 heterocycles. The second-order valence-corrected chi connectivity index (χ2v) is 7.41. The van der Waals surface area contributed by atoms with Crippen LogP contribution in [0.4, 0.5) is 0 Å². The van der Waals surface area contributed by atoms with Gasteiger partial charge in [0.05, 0.1) is 16.5 Å². The molecule has 1 N–H and O–H groups in total. The van der Waals surface area contributed by atoms with E-state index in [1.807, 2.05) is 6.07 Å². The van der Waals surface area contributed by atoms with Crippen molar-refractivity contribution < 1.29 is 8.42 Å². The van der Waals surface area contributed by atoms with Crippen molar-refractivity contribution in [1.82, 2.24) is 9.62 Å². The summed E-state index contributed by atoms with van der Waals surface area (Å²) in [6.07, 6.45) is 2.68. The fraction of sp³-hybridized carbons (Fsp3) is 0.533. The minimum atomic E-state index is -3.51. The molecule has 0 aromatic heterocycles. The molecule has 1 fully saturated rings. The van der Waals surface area contributed by atoms with Crippen LogP contribution in [0.25, 0.3) is 0 Å². The molecule has 1 aromatic carbocycles. The fourth-order valence-corrected chi connectivity index (χ4v) is 4.34. The van der Waals surface area contributed by atoms with Crippen LogP contribution in [0.3, 0.4) is 0 Å². The Kier molecular flexibility index (Phi) is 4.99. The van der Waals surface area contributed by atoms with Gasteiger partial charge in [-0.15, -0.1) is 0 Å². The van der Waals surface area contributed by atoms with Crippen molar-refractivity contribution >= 4 is 10.0 Å². The first-order valence-electron chi connectivity index (χ1n) is 7.16. The molecular weight excluding hydrogens is 286 g/mol. The van der Waals surface area contributed by atoms with Gasteiger partial charge in [-0.05, 0) is 63.0 Å². The lowest BCUT2D eigenvalue weighted by Gasteiger charge is -2.27. The lowest BCUT2D eigenvalue weighted by molar-refractivity contribution is 0.341. The number of nitriles is 1. The summed E-state index contributed by atoms with van der Waals surface area (Å²) >= 11 is 0. The molecule has 1 aliphatic heterocycles. The minimum Gasteiger partial charge on any atom is -0.317 e. The van der Waals surface area contributed by atoms with Gasteiger partial charge in [-0.25, -0.2) is 8.42 Å². The molecule has 0 radical (unpaired) electrons. The van der Waals surface area contributed by atoms with Crippen LogP contribution in [-0.4, -0.2) is 38.9 Å². The zero-order valence-electron chi connectivity index (χ0n) is 12.5. The van der Waals surface area contributed by atoms with Crippen LogP contribution >= 0.6 is 0 Å². The summed E-state index contributed by atoms with van der Waals surface area (Å²) in [5.41, 5.74) is 1.10. The first-order valence-corrected chi connectivity index (χ1v) is 8.60. The summed E-state index contributed by atoms with van der Waals surface area (Å²) in [5, 5.41) is 12.2. The Morgan fingerprint density at radius 1 is 1.33 bits per heavy atom. The molecule has 21 heavy (non-hydrogen) atoms. The molecule has 114 valence electrons. The Balaban J connectivity index is 2.30. The summed E-state index contributed by atoms with van der Waals surface area (Å²) < 4.78 is 27.1. The summed E-state index contributed by atoms with van der Waals surface area (Å²) in [4.78, 5) is 0.293. The number of nitrogens with zero attached hydrogens (tertiary/aromatic N) is 2. The Bertz CT molecular complexity index is 641. The standard InChI is InChI=1S/C15H21N3O2S/c1-12-10-13(11-16)5-6-15(12)21(19,20)18(2)14-4-3-8-17-9-7-14/h5-6,10,14,17H,3-4,7-9H2,1-2H3. The number of sulfonamides is 1. The number of aryl methyl sites for hydroxylation is 1. The first-order chi connectivity index (χ1) is 9.96. The molecule has 1 aromatic rings. The third kappa shape index (κ3) is 3.43. The highest BCUT2D eigenvalue weighted by molar-refractivity contribution is 7.89. The van der Waals surface area contributed by atoms with E-state index in [1.54, 1.807) is 26.1 Å². The van der Waals surface area contributed by atoms with Crippen LogP contribution in [-0.2, 0) is 10.0 Å². The van der Waals surface area contributed by atoms with E-state index < -0.39 is 10.0 Å². The predicted octanol–water partition coefficient (Wildman–Crippen LogP) is 1.63. The molecule has 2 rings (SSSR count). The quantitative estimate of drug-likeness (QED) is 0.921. The molecule has 0 amide bonds. The van der Waals surface area contributed by atoms with Crippen molar-refractivity contribution in [3.63, 3.8) is 0 Å². The first kappa shape index (κ1) is 16.0. The van der Waals surface area contributed by atoms with E-state index in [-0.39, 0.29) is 6.04 Å². The topological polar surface area (TPSA) is 73.2 Å². The Morgan fingerprint density at radius 3 is 2.76 bits per heavy atom. The molecule has 1 atom stereocenters. The largest absolute Gasteiger partial charge is 0.317 e. The van der Waals surface area contributed by atoms with E-state index in [1.165, 1.54) is 10.4 Å². The van der Waals surface area contributed by atoms with E-state index in [4.69, 9.17) is 5.26 Å². The van der Waals surface area contributed by atoms with Gasteiger partial charge in [-0.1, -0.05) is 0 Å². The lowest BCUT2D eigenvalue weighted by Crippen LogP contribution is -2.37. The highest BCUT2D eigenvalue weighted by atomic mass is 32.2. The Labute approximate surface area is 126 Å². The van der Waals surface area contributed by atoms with E-state index in [0.717, 1.165) is 32.4 Å². The van der Waals surface area contributed by atoms with Crippen molar-refractivity contribution in [2.75, 3.05) is 20.1 Å². The molecule has 0 bridgehead atoms. The molecule has 0 saturated carbocycles. The van der Waals surface area contributed by atoms with Crippen molar-refractivity contribution in [3.05, 3.63) is 29.3 Å². The maximum absolute atomic E-state index is 12.8. The maximum atomic E-state index is 12.8. The van der Waals surface area contributed by atoms with Gasteiger partial charge in [0.25, 0.3) is 0 Å². The smallest absolute Gasteiger partial charge is 0.243 e.